The van der Waals surface area contributed by atoms with Crippen LogP contribution in [0.5, 0.6) is 0 Å². The Kier molecular flexibility index (Phi) is 5.44. The van der Waals surface area contributed by atoms with E-state index >= 15 is 0 Å². The van der Waals surface area contributed by atoms with Gasteiger partial charge in [0.25, 0.3) is 0 Å². The Morgan fingerprint density at radius 3 is 2.33 bits per heavy atom. The molecule has 3 rings (SSSR count). The molecule has 3 nitrogen and oxygen atoms in total. The summed E-state index contributed by atoms with van der Waals surface area (Å²) in [5.41, 5.74) is 1.99. The highest BCUT2D eigenvalue weighted by atomic mass is 35.5. The highest BCUT2D eigenvalue weighted by Gasteiger charge is 2.19. The van der Waals surface area contributed by atoms with E-state index in [9.17, 15) is 4.79 Å². The van der Waals surface area contributed by atoms with Crippen molar-refractivity contribution in [3.63, 3.8) is 0 Å². The summed E-state index contributed by atoms with van der Waals surface area (Å²) >= 11 is 12.0. The van der Waals surface area contributed by atoms with Gasteiger partial charge < -0.3 is 9.80 Å². The van der Waals surface area contributed by atoms with Crippen LogP contribution in [0.25, 0.3) is 6.08 Å². The van der Waals surface area contributed by atoms with Crippen molar-refractivity contribution in [2.75, 3.05) is 31.1 Å². The fourth-order valence-corrected chi connectivity index (χ4v) is 3.20. The zero-order chi connectivity index (χ0) is 16.9. The summed E-state index contributed by atoms with van der Waals surface area (Å²) < 4.78 is 0. The van der Waals surface area contributed by atoms with Crippen molar-refractivity contribution in [1.29, 1.82) is 0 Å². The summed E-state index contributed by atoms with van der Waals surface area (Å²) in [5.74, 6) is 0.00808. The third kappa shape index (κ3) is 4.11. The first-order chi connectivity index (χ1) is 11.6. The molecule has 1 aliphatic heterocycles. The van der Waals surface area contributed by atoms with Crippen molar-refractivity contribution in [1.82, 2.24) is 4.90 Å². The van der Waals surface area contributed by atoms with E-state index in [2.05, 4.69) is 17.0 Å². The Labute approximate surface area is 152 Å². The van der Waals surface area contributed by atoms with E-state index in [1.807, 2.05) is 29.2 Å². The third-order valence-electron chi connectivity index (χ3n) is 4.08. The Bertz CT molecular complexity index is 738. The SMILES string of the molecule is O=C(C=Cc1ccc(Cl)cc1Cl)N1CCN(c2ccccc2)CC1. The van der Waals surface area contributed by atoms with Crippen molar-refractivity contribution in [2.24, 2.45) is 0 Å². The van der Waals surface area contributed by atoms with E-state index in [-0.39, 0.29) is 5.91 Å². The first-order valence-electron chi connectivity index (χ1n) is 7.85. The molecule has 2 aromatic carbocycles. The summed E-state index contributed by atoms with van der Waals surface area (Å²) in [4.78, 5) is 16.5. The predicted molar refractivity (Wildman–Crippen MR) is 101 cm³/mol. The fraction of sp³-hybridized carbons (Fsp3) is 0.211. The van der Waals surface area contributed by atoms with Crippen LogP contribution in [0.2, 0.25) is 10.0 Å². The maximum absolute atomic E-state index is 12.3. The maximum Gasteiger partial charge on any atom is 0.246 e. The standard InChI is InChI=1S/C19H18Cl2N2O/c20-16-8-6-15(18(21)14-16)7-9-19(24)23-12-10-22(11-13-23)17-4-2-1-3-5-17/h1-9,14H,10-13H2. The average Bonchev–Trinajstić information content (AvgIpc) is 2.62. The first kappa shape index (κ1) is 16.9. The van der Waals surface area contributed by atoms with Crippen LogP contribution in [0, 0.1) is 0 Å². The molecule has 1 fully saturated rings. The molecular weight excluding hydrogens is 343 g/mol. The van der Waals surface area contributed by atoms with Crippen LogP contribution in [0.4, 0.5) is 5.69 Å². The number of carbonyl (C=O) groups is 1. The molecule has 0 N–H and O–H groups in total. The molecule has 1 aliphatic rings. The number of benzene rings is 2. The molecule has 0 spiro atoms. The summed E-state index contributed by atoms with van der Waals surface area (Å²) in [6.45, 7) is 3.11. The molecule has 24 heavy (non-hydrogen) atoms. The molecule has 0 saturated carbocycles. The Balaban J connectivity index is 1.58. The van der Waals surface area contributed by atoms with Crippen LogP contribution in [0.15, 0.2) is 54.6 Å². The molecule has 0 bridgehead atoms. The average molecular weight is 361 g/mol. The third-order valence-corrected chi connectivity index (χ3v) is 4.64. The number of halogens is 2. The molecule has 0 unspecified atom stereocenters. The number of hydrogen-bond acceptors (Lipinski definition) is 2. The van der Waals surface area contributed by atoms with Crippen LogP contribution in [-0.4, -0.2) is 37.0 Å². The zero-order valence-electron chi connectivity index (χ0n) is 13.2. The van der Waals surface area contributed by atoms with Crippen LogP contribution in [0.3, 0.4) is 0 Å². The highest BCUT2D eigenvalue weighted by Crippen LogP contribution is 2.22. The summed E-state index contributed by atoms with van der Waals surface area (Å²) in [7, 11) is 0. The molecular formula is C19H18Cl2N2O. The summed E-state index contributed by atoms with van der Waals surface area (Å²) in [5, 5.41) is 1.13. The van der Waals surface area contributed by atoms with E-state index in [0.717, 1.165) is 18.7 Å². The minimum Gasteiger partial charge on any atom is -0.368 e. The van der Waals surface area contributed by atoms with Crippen LogP contribution in [0.1, 0.15) is 5.56 Å². The van der Waals surface area contributed by atoms with Gasteiger partial charge in [0.2, 0.25) is 5.91 Å². The second-order valence-electron chi connectivity index (χ2n) is 5.65. The molecule has 124 valence electrons. The maximum atomic E-state index is 12.3. The Morgan fingerprint density at radius 2 is 1.67 bits per heavy atom. The molecule has 1 heterocycles. The second kappa shape index (κ2) is 7.73. The van der Waals surface area contributed by atoms with Gasteiger partial charge in [-0.2, -0.15) is 0 Å². The monoisotopic (exact) mass is 360 g/mol. The van der Waals surface area contributed by atoms with Gasteiger partial charge in [-0.15, -0.1) is 0 Å². The summed E-state index contributed by atoms with van der Waals surface area (Å²) in [6.07, 6.45) is 3.32. The fourth-order valence-electron chi connectivity index (χ4n) is 2.73. The number of nitrogens with zero attached hydrogens (tertiary/aromatic N) is 2. The lowest BCUT2D eigenvalue weighted by atomic mass is 10.2. The number of carbonyl (C=O) groups excluding carboxylic acids is 1. The molecule has 0 aliphatic carbocycles. The minimum atomic E-state index is 0.00808. The van der Waals surface area contributed by atoms with Gasteiger partial charge in [-0.25, -0.2) is 0 Å². The largest absolute Gasteiger partial charge is 0.368 e. The van der Waals surface area contributed by atoms with Crippen molar-refractivity contribution in [3.05, 3.63) is 70.2 Å². The normalized spacial score (nSPS) is 15.1. The van der Waals surface area contributed by atoms with Crippen molar-refractivity contribution < 1.29 is 4.79 Å². The minimum absolute atomic E-state index is 0.00808. The van der Waals surface area contributed by atoms with Crippen LogP contribution >= 0.6 is 23.2 Å². The molecule has 0 atom stereocenters. The number of piperazine rings is 1. The van der Waals surface area contributed by atoms with Crippen LogP contribution < -0.4 is 4.90 Å². The molecule has 1 amide bonds. The second-order valence-corrected chi connectivity index (χ2v) is 6.49. The zero-order valence-corrected chi connectivity index (χ0v) is 14.7. The van der Waals surface area contributed by atoms with Crippen molar-refractivity contribution in [2.45, 2.75) is 0 Å². The van der Waals surface area contributed by atoms with E-state index in [1.54, 1.807) is 24.3 Å². The van der Waals surface area contributed by atoms with Crippen LogP contribution in [-0.2, 0) is 4.79 Å². The van der Waals surface area contributed by atoms with Crippen molar-refractivity contribution >= 4 is 40.9 Å². The lowest BCUT2D eigenvalue weighted by Gasteiger charge is -2.35. The number of rotatable bonds is 3. The van der Waals surface area contributed by atoms with Gasteiger partial charge in [0.15, 0.2) is 0 Å². The van der Waals surface area contributed by atoms with Gasteiger partial charge in [0.05, 0.1) is 0 Å². The summed E-state index contributed by atoms with van der Waals surface area (Å²) in [6, 6.07) is 15.5. The smallest absolute Gasteiger partial charge is 0.246 e. The number of para-hydroxylation sites is 1. The molecule has 5 heteroatoms. The van der Waals surface area contributed by atoms with Gasteiger partial charge in [-0.3, -0.25) is 4.79 Å². The van der Waals surface area contributed by atoms with E-state index in [4.69, 9.17) is 23.2 Å². The number of amides is 1. The molecule has 2 aromatic rings. The van der Waals surface area contributed by atoms with Crippen molar-refractivity contribution in [3.8, 4) is 0 Å². The predicted octanol–water partition coefficient (Wildman–Crippen LogP) is 4.36. The topological polar surface area (TPSA) is 23.6 Å². The number of anilines is 1. The molecule has 0 radical (unpaired) electrons. The van der Waals surface area contributed by atoms with Gasteiger partial charge in [-0.1, -0.05) is 47.5 Å². The van der Waals surface area contributed by atoms with E-state index in [0.29, 0.717) is 23.1 Å². The number of hydrogen-bond donors (Lipinski definition) is 0. The van der Waals surface area contributed by atoms with E-state index < -0.39 is 0 Å². The first-order valence-corrected chi connectivity index (χ1v) is 8.61. The van der Waals surface area contributed by atoms with Gasteiger partial charge in [0.1, 0.15) is 0 Å². The molecule has 1 saturated heterocycles. The lowest BCUT2D eigenvalue weighted by Crippen LogP contribution is -2.48. The Hall–Kier alpha value is -1.97. The van der Waals surface area contributed by atoms with Gasteiger partial charge >= 0.3 is 0 Å². The quantitative estimate of drug-likeness (QED) is 0.759. The van der Waals surface area contributed by atoms with E-state index in [1.165, 1.54) is 5.69 Å². The highest BCUT2D eigenvalue weighted by molar-refractivity contribution is 6.35. The van der Waals surface area contributed by atoms with Gasteiger partial charge in [0, 0.05) is 48.0 Å². The Morgan fingerprint density at radius 1 is 0.958 bits per heavy atom. The molecule has 0 aromatic heterocycles. The lowest BCUT2D eigenvalue weighted by molar-refractivity contribution is -0.126. The van der Waals surface area contributed by atoms with Gasteiger partial charge in [-0.05, 0) is 35.9 Å².